The van der Waals surface area contributed by atoms with Gasteiger partial charge >= 0.3 is 5.97 Å². The monoisotopic (exact) mass is 373 g/mol. The maximum Gasteiger partial charge on any atom is 0.306 e. The predicted molar refractivity (Wildman–Crippen MR) is 102 cm³/mol. The molecule has 0 unspecified atom stereocenters. The largest absolute Gasteiger partial charge is 0.497 e. The summed E-state index contributed by atoms with van der Waals surface area (Å²) >= 11 is 0. The van der Waals surface area contributed by atoms with Crippen molar-refractivity contribution in [3.63, 3.8) is 0 Å². The van der Waals surface area contributed by atoms with Crippen molar-refractivity contribution in [2.24, 2.45) is 0 Å². The van der Waals surface area contributed by atoms with E-state index in [9.17, 15) is 9.59 Å². The van der Waals surface area contributed by atoms with Gasteiger partial charge in [-0.2, -0.15) is 5.10 Å². The second kappa shape index (κ2) is 9.75. The van der Waals surface area contributed by atoms with E-state index in [1.807, 2.05) is 49.7 Å². The van der Waals surface area contributed by atoms with Gasteiger partial charge in [0.05, 0.1) is 18.5 Å². The van der Waals surface area contributed by atoms with Gasteiger partial charge in [-0.1, -0.05) is 13.0 Å². The standard InChI is InChI=1S/C20H27N3O4/c1-5-11-21-19(24)13-27-20(25)10-9-18-14(2)22-23(15(18)3)16-7-6-8-17(12-16)26-4/h6-8,12H,5,9-11,13H2,1-4H3,(H,21,24). The number of carbonyl (C=O) groups is 2. The van der Waals surface area contributed by atoms with E-state index in [1.54, 1.807) is 7.11 Å². The summed E-state index contributed by atoms with van der Waals surface area (Å²) < 4.78 is 12.1. The van der Waals surface area contributed by atoms with Crippen molar-refractivity contribution in [1.82, 2.24) is 15.1 Å². The van der Waals surface area contributed by atoms with E-state index in [-0.39, 0.29) is 18.9 Å². The highest BCUT2D eigenvalue weighted by atomic mass is 16.5. The van der Waals surface area contributed by atoms with Crippen LogP contribution in [0.4, 0.5) is 0 Å². The summed E-state index contributed by atoms with van der Waals surface area (Å²) in [5.74, 6) is 0.0875. The Morgan fingerprint density at radius 2 is 2.04 bits per heavy atom. The van der Waals surface area contributed by atoms with Crippen molar-refractivity contribution in [1.29, 1.82) is 0 Å². The Labute approximate surface area is 159 Å². The number of aryl methyl sites for hydroxylation is 1. The molecule has 146 valence electrons. The summed E-state index contributed by atoms with van der Waals surface area (Å²) in [6.07, 6.45) is 1.55. The van der Waals surface area contributed by atoms with Gasteiger partial charge < -0.3 is 14.8 Å². The van der Waals surface area contributed by atoms with Crippen LogP contribution in [0.25, 0.3) is 5.69 Å². The lowest BCUT2D eigenvalue weighted by atomic mass is 10.1. The van der Waals surface area contributed by atoms with Crippen LogP contribution in [0.3, 0.4) is 0 Å². The predicted octanol–water partition coefficient (Wildman–Crippen LogP) is 2.50. The molecule has 7 heteroatoms. The number of amides is 1. The fraction of sp³-hybridized carbons (Fsp3) is 0.450. The average Bonchev–Trinajstić information content (AvgIpc) is 2.96. The van der Waals surface area contributed by atoms with Crippen LogP contribution in [0.15, 0.2) is 24.3 Å². The van der Waals surface area contributed by atoms with E-state index >= 15 is 0 Å². The lowest BCUT2D eigenvalue weighted by molar-refractivity contribution is -0.148. The third-order valence-electron chi connectivity index (χ3n) is 4.25. The van der Waals surface area contributed by atoms with E-state index in [4.69, 9.17) is 9.47 Å². The third kappa shape index (κ3) is 5.57. The van der Waals surface area contributed by atoms with E-state index in [1.165, 1.54) is 0 Å². The van der Waals surface area contributed by atoms with Crippen LogP contribution in [-0.4, -0.2) is 41.9 Å². The van der Waals surface area contributed by atoms with Gasteiger partial charge in [-0.25, -0.2) is 4.68 Å². The molecule has 0 saturated carbocycles. The molecule has 0 saturated heterocycles. The minimum atomic E-state index is -0.394. The second-order valence-corrected chi connectivity index (χ2v) is 6.27. The lowest BCUT2D eigenvalue weighted by Gasteiger charge is -2.08. The molecule has 0 aliphatic rings. The van der Waals surface area contributed by atoms with Crippen molar-refractivity contribution in [2.45, 2.75) is 40.0 Å². The van der Waals surface area contributed by atoms with Crippen LogP contribution in [0.1, 0.15) is 36.7 Å². The Bertz CT molecular complexity index is 799. The smallest absolute Gasteiger partial charge is 0.306 e. The van der Waals surface area contributed by atoms with Gasteiger partial charge in [0.1, 0.15) is 5.75 Å². The first-order valence-corrected chi connectivity index (χ1v) is 9.08. The summed E-state index contributed by atoms with van der Waals surface area (Å²) in [5, 5.41) is 7.26. The molecular weight excluding hydrogens is 346 g/mol. The lowest BCUT2D eigenvalue weighted by Crippen LogP contribution is -2.29. The van der Waals surface area contributed by atoms with Gasteiger partial charge in [0, 0.05) is 24.7 Å². The quantitative estimate of drug-likeness (QED) is 0.683. The van der Waals surface area contributed by atoms with E-state index in [2.05, 4.69) is 10.4 Å². The molecule has 7 nitrogen and oxygen atoms in total. The zero-order valence-corrected chi connectivity index (χ0v) is 16.4. The molecule has 2 aromatic rings. The molecule has 0 bridgehead atoms. The number of ether oxygens (including phenoxy) is 2. The molecule has 0 radical (unpaired) electrons. The van der Waals surface area contributed by atoms with Gasteiger partial charge in [-0.3, -0.25) is 9.59 Å². The number of hydrogen-bond acceptors (Lipinski definition) is 5. The second-order valence-electron chi connectivity index (χ2n) is 6.27. The van der Waals surface area contributed by atoms with Crippen molar-refractivity contribution >= 4 is 11.9 Å². The minimum absolute atomic E-state index is 0.201. The third-order valence-corrected chi connectivity index (χ3v) is 4.25. The first-order valence-electron chi connectivity index (χ1n) is 9.08. The van der Waals surface area contributed by atoms with E-state index < -0.39 is 5.97 Å². The van der Waals surface area contributed by atoms with Crippen molar-refractivity contribution in [2.75, 3.05) is 20.3 Å². The van der Waals surface area contributed by atoms with Crippen molar-refractivity contribution in [3.05, 3.63) is 41.2 Å². The fourth-order valence-electron chi connectivity index (χ4n) is 2.79. The SMILES string of the molecule is CCCNC(=O)COC(=O)CCc1c(C)nn(-c2cccc(OC)c2)c1C. The van der Waals surface area contributed by atoms with Crippen LogP contribution in [-0.2, 0) is 20.7 Å². The number of nitrogens with zero attached hydrogens (tertiary/aromatic N) is 2. The summed E-state index contributed by atoms with van der Waals surface area (Å²) in [5.41, 5.74) is 3.74. The average molecular weight is 373 g/mol. The maximum absolute atomic E-state index is 11.9. The number of methoxy groups -OCH3 is 1. The van der Waals surface area contributed by atoms with Crippen LogP contribution in [0, 0.1) is 13.8 Å². The molecule has 27 heavy (non-hydrogen) atoms. The molecule has 1 N–H and O–H groups in total. The first kappa shape index (κ1) is 20.5. The molecule has 0 aliphatic heterocycles. The number of esters is 1. The summed E-state index contributed by atoms with van der Waals surface area (Å²) in [7, 11) is 1.62. The Hall–Kier alpha value is -2.83. The van der Waals surface area contributed by atoms with Gasteiger partial charge in [0.25, 0.3) is 5.91 Å². The molecule has 0 fully saturated rings. The number of rotatable bonds is 9. The number of benzene rings is 1. The summed E-state index contributed by atoms with van der Waals surface area (Å²) in [6, 6.07) is 7.65. The Balaban J connectivity index is 1.98. The van der Waals surface area contributed by atoms with Gasteiger partial charge in [0.15, 0.2) is 6.61 Å². The van der Waals surface area contributed by atoms with Crippen LogP contribution < -0.4 is 10.1 Å². The molecule has 1 amide bonds. The number of aromatic nitrogens is 2. The summed E-state index contributed by atoms with van der Waals surface area (Å²) in [6.45, 7) is 6.20. The molecule has 1 aromatic heterocycles. The van der Waals surface area contributed by atoms with Crippen molar-refractivity contribution in [3.8, 4) is 11.4 Å². The Kier molecular flexibility index (Phi) is 7.40. The maximum atomic E-state index is 11.9. The van der Waals surface area contributed by atoms with Gasteiger partial charge in [0.2, 0.25) is 0 Å². The van der Waals surface area contributed by atoms with E-state index in [0.29, 0.717) is 13.0 Å². The van der Waals surface area contributed by atoms with Gasteiger partial charge in [-0.15, -0.1) is 0 Å². The molecule has 0 spiro atoms. The number of nitrogens with one attached hydrogen (secondary N) is 1. The first-order chi connectivity index (χ1) is 13.0. The number of hydrogen-bond donors (Lipinski definition) is 1. The molecule has 0 atom stereocenters. The normalized spacial score (nSPS) is 10.5. The van der Waals surface area contributed by atoms with Crippen LogP contribution in [0.5, 0.6) is 5.75 Å². The highest BCUT2D eigenvalue weighted by molar-refractivity contribution is 5.80. The zero-order valence-electron chi connectivity index (χ0n) is 16.4. The van der Waals surface area contributed by atoms with Crippen molar-refractivity contribution < 1.29 is 19.1 Å². The van der Waals surface area contributed by atoms with Crippen LogP contribution >= 0.6 is 0 Å². The molecule has 1 heterocycles. The Morgan fingerprint density at radius 3 is 2.74 bits per heavy atom. The highest BCUT2D eigenvalue weighted by Crippen LogP contribution is 2.22. The molecule has 0 aliphatic carbocycles. The van der Waals surface area contributed by atoms with E-state index in [0.717, 1.165) is 34.8 Å². The van der Waals surface area contributed by atoms with Gasteiger partial charge in [-0.05, 0) is 44.4 Å². The molecule has 1 aromatic carbocycles. The zero-order chi connectivity index (χ0) is 19.8. The van der Waals surface area contributed by atoms with Crippen LogP contribution in [0.2, 0.25) is 0 Å². The highest BCUT2D eigenvalue weighted by Gasteiger charge is 2.15. The molecular formula is C20H27N3O4. The fourth-order valence-corrected chi connectivity index (χ4v) is 2.79. The number of carbonyl (C=O) groups excluding carboxylic acids is 2. The Morgan fingerprint density at radius 1 is 1.26 bits per heavy atom. The summed E-state index contributed by atoms with van der Waals surface area (Å²) in [4.78, 5) is 23.4. The minimum Gasteiger partial charge on any atom is -0.497 e. The topological polar surface area (TPSA) is 82.5 Å². The molecule has 2 rings (SSSR count).